The van der Waals surface area contributed by atoms with E-state index in [0.29, 0.717) is 0 Å². The lowest BCUT2D eigenvalue weighted by Gasteiger charge is -2.26. The van der Waals surface area contributed by atoms with Crippen molar-refractivity contribution in [3.05, 3.63) is 90.0 Å². The molecule has 35 heavy (non-hydrogen) atoms. The second-order valence-electron chi connectivity index (χ2n) is 9.12. The van der Waals surface area contributed by atoms with Crippen LogP contribution in [0.1, 0.15) is 30.4 Å². The highest BCUT2D eigenvalue weighted by Gasteiger charge is 2.12. The number of rotatable bonds is 7. The highest BCUT2D eigenvalue weighted by molar-refractivity contribution is 5.93. The molecule has 4 aromatic carbocycles. The predicted molar refractivity (Wildman–Crippen MR) is 145 cm³/mol. The van der Waals surface area contributed by atoms with Gasteiger partial charge in [-0.25, -0.2) is 0 Å². The molecule has 1 fully saturated rings. The fourth-order valence-electron chi connectivity index (χ4n) is 4.87. The molecule has 182 valence electrons. The summed E-state index contributed by atoms with van der Waals surface area (Å²) in [5.41, 5.74) is 4.58. The number of hydrogen-bond donors (Lipinski definition) is 2. The summed E-state index contributed by atoms with van der Waals surface area (Å²) in [7, 11) is 0. The van der Waals surface area contributed by atoms with E-state index in [1.807, 2.05) is 24.3 Å². The van der Waals surface area contributed by atoms with Crippen molar-refractivity contribution in [1.29, 1.82) is 0 Å². The highest BCUT2D eigenvalue weighted by atomic mass is 35.5. The third kappa shape index (κ3) is 6.08. The van der Waals surface area contributed by atoms with E-state index in [4.69, 9.17) is 4.74 Å². The molecule has 2 N–H and O–H groups in total. The number of phenolic OH excluding ortho intramolecular Hbond substituents is 2. The van der Waals surface area contributed by atoms with E-state index < -0.39 is 0 Å². The first-order valence-corrected chi connectivity index (χ1v) is 12.1. The number of phenols is 2. The fourth-order valence-corrected chi connectivity index (χ4v) is 4.87. The monoisotopic (exact) mass is 489 g/mol. The molecule has 4 nitrogen and oxygen atoms in total. The molecule has 0 unspecified atom stereocenters. The smallest absolute Gasteiger partial charge is 0.119 e. The molecular formula is C30H32ClNO3. The minimum atomic E-state index is 0. The van der Waals surface area contributed by atoms with E-state index >= 15 is 0 Å². The average molecular weight is 490 g/mol. The zero-order chi connectivity index (χ0) is 23.3. The van der Waals surface area contributed by atoms with Crippen molar-refractivity contribution in [2.45, 2.75) is 25.7 Å². The number of fused-ring (bicyclic) bond motifs is 1. The number of halogens is 1. The van der Waals surface area contributed by atoms with Crippen molar-refractivity contribution in [2.24, 2.45) is 0 Å². The Bertz CT molecular complexity index is 1250. The molecule has 1 aliphatic rings. The normalized spacial score (nSPS) is 13.9. The summed E-state index contributed by atoms with van der Waals surface area (Å²) in [6.07, 6.45) is 4.71. The van der Waals surface area contributed by atoms with Gasteiger partial charge in [-0.2, -0.15) is 0 Å². The molecule has 5 heteroatoms. The zero-order valence-electron chi connectivity index (χ0n) is 19.8. The van der Waals surface area contributed by atoms with Gasteiger partial charge in [-0.1, -0.05) is 48.9 Å². The summed E-state index contributed by atoms with van der Waals surface area (Å²) in [6.45, 7) is 4.08. The van der Waals surface area contributed by atoms with Crippen molar-refractivity contribution in [3.8, 4) is 28.4 Å². The third-order valence-corrected chi connectivity index (χ3v) is 6.72. The third-order valence-electron chi connectivity index (χ3n) is 6.72. The highest BCUT2D eigenvalue weighted by Crippen LogP contribution is 2.34. The lowest BCUT2D eigenvalue weighted by atomic mass is 9.90. The van der Waals surface area contributed by atoms with Gasteiger partial charge in [0.1, 0.15) is 23.9 Å². The summed E-state index contributed by atoms with van der Waals surface area (Å²) < 4.78 is 6.01. The molecule has 5 rings (SSSR count). The molecule has 0 atom stereocenters. The Morgan fingerprint density at radius 2 is 1.46 bits per heavy atom. The van der Waals surface area contributed by atoms with Crippen LogP contribution in [0.15, 0.2) is 78.9 Å². The van der Waals surface area contributed by atoms with Crippen molar-refractivity contribution < 1.29 is 14.9 Å². The number of nitrogens with zero attached hydrogens (tertiary/aromatic N) is 1. The lowest BCUT2D eigenvalue weighted by molar-refractivity contribution is 0.183. The molecule has 0 bridgehead atoms. The maximum Gasteiger partial charge on any atom is 0.119 e. The van der Waals surface area contributed by atoms with Gasteiger partial charge in [0, 0.05) is 6.54 Å². The number of piperidine rings is 1. The lowest BCUT2D eigenvalue weighted by Crippen LogP contribution is -2.33. The van der Waals surface area contributed by atoms with Gasteiger partial charge >= 0.3 is 0 Å². The average Bonchev–Trinajstić information content (AvgIpc) is 2.86. The fraction of sp³-hybridized carbons (Fsp3) is 0.267. The molecule has 0 aliphatic carbocycles. The van der Waals surface area contributed by atoms with E-state index in [1.165, 1.54) is 43.5 Å². The molecule has 4 aromatic rings. The maximum atomic E-state index is 9.97. The van der Waals surface area contributed by atoms with Crippen LogP contribution in [0, 0.1) is 0 Å². The van der Waals surface area contributed by atoms with Crippen LogP contribution in [0.5, 0.6) is 17.2 Å². The first-order chi connectivity index (χ1) is 16.7. The van der Waals surface area contributed by atoms with Gasteiger partial charge in [-0.05, 0) is 102 Å². The molecule has 1 heterocycles. The van der Waals surface area contributed by atoms with Crippen molar-refractivity contribution >= 4 is 23.2 Å². The van der Waals surface area contributed by atoms with Crippen molar-refractivity contribution in [1.82, 2.24) is 4.90 Å². The van der Waals surface area contributed by atoms with Gasteiger partial charge in [0.25, 0.3) is 0 Å². The molecular weight excluding hydrogens is 458 g/mol. The van der Waals surface area contributed by atoms with Crippen molar-refractivity contribution in [3.63, 3.8) is 0 Å². The van der Waals surface area contributed by atoms with Gasteiger partial charge in [-0.3, -0.25) is 4.90 Å². The molecule has 1 aliphatic heterocycles. The largest absolute Gasteiger partial charge is 0.508 e. The minimum absolute atomic E-state index is 0. The van der Waals surface area contributed by atoms with E-state index in [2.05, 4.69) is 35.2 Å². The van der Waals surface area contributed by atoms with Gasteiger partial charge < -0.3 is 14.9 Å². The zero-order valence-corrected chi connectivity index (χ0v) is 20.6. The Hall–Kier alpha value is -3.21. The Morgan fingerprint density at radius 1 is 0.743 bits per heavy atom. The van der Waals surface area contributed by atoms with Crippen LogP contribution in [0.25, 0.3) is 21.9 Å². The van der Waals surface area contributed by atoms with Crippen LogP contribution in [-0.2, 0) is 6.42 Å². The summed E-state index contributed by atoms with van der Waals surface area (Å²) in [5.74, 6) is 1.43. The van der Waals surface area contributed by atoms with Crippen LogP contribution in [0.3, 0.4) is 0 Å². The summed E-state index contributed by atoms with van der Waals surface area (Å²) in [5, 5.41) is 21.8. The molecule has 0 amide bonds. The van der Waals surface area contributed by atoms with E-state index in [0.717, 1.165) is 47.2 Å². The number of aromatic hydroxyl groups is 2. The van der Waals surface area contributed by atoms with E-state index in [-0.39, 0.29) is 23.9 Å². The van der Waals surface area contributed by atoms with Crippen molar-refractivity contribution in [2.75, 3.05) is 26.2 Å². The molecule has 1 saturated heterocycles. The first kappa shape index (κ1) is 24.9. The first-order valence-electron chi connectivity index (χ1n) is 12.1. The van der Waals surface area contributed by atoms with Gasteiger partial charge in [0.05, 0.1) is 0 Å². The van der Waals surface area contributed by atoms with Gasteiger partial charge in [-0.15, -0.1) is 12.4 Å². The van der Waals surface area contributed by atoms with E-state index in [9.17, 15) is 10.2 Å². The second kappa shape index (κ2) is 11.5. The summed E-state index contributed by atoms with van der Waals surface area (Å²) in [4.78, 5) is 2.49. The van der Waals surface area contributed by atoms with Crippen LogP contribution in [0.2, 0.25) is 0 Å². The molecule has 0 spiro atoms. The standard InChI is InChI=1S/C30H31NO3.ClH/c32-25-9-6-23(7-10-25)28-14-8-24-21-26(33)11-15-29(24)30(28)20-22-4-12-27(13-5-22)34-19-18-31-16-2-1-3-17-31;/h4-15,21,32-33H,1-3,16-20H2;1H. The Balaban J connectivity index is 0.00000289. The number of likely N-dealkylation sites (tertiary alicyclic amines) is 1. The maximum absolute atomic E-state index is 9.97. The molecule has 0 saturated carbocycles. The topological polar surface area (TPSA) is 52.9 Å². The summed E-state index contributed by atoms with van der Waals surface area (Å²) in [6, 6.07) is 25.4. The quantitative estimate of drug-likeness (QED) is 0.300. The minimum Gasteiger partial charge on any atom is -0.508 e. The molecule has 0 radical (unpaired) electrons. The number of ether oxygens (including phenoxy) is 1. The number of benzene rings is 4. The number of hydrogen-bond acceptors (Lipinski definition) is 4. The van der Waals surface area contributed by atoms with Gasteiger partial charge in [0.15, 0.2) is 0 Å². The Morgan fingerprint density at radius 3 is 2.20 bits per heavy atom. The van der Waals surface area contributed by atoms with Gasteiger partial charge in [0.2, 0.25) is 0 Å². The summed E-state index contributed by atoms with van der Waals surface area (Å²) >= 11 is 0. The van der Waals surface area contributed by atoms with E-state index in [1.54, 1.807) is 24.3 Å². The van der Waals surface area contributed by atoms with Crippen LogP contribution >= 0.6 is 12.4 Å². The Labute approximate surface area is 213 Å². The van der Waals surface area contributed by atoms with Crippen LogP contribution < -0.4 is 4.74 Å². The molecule has 0 aromatic heterocycles. The van der Waals surface area contributed by atoms with Crippen LogP contribution in [-0.4, -0.2) is 41.4 Å². The Kier molecular flexibility index (Phi) is 8.17. The second-order valence-corrected chi connectivity index (χ2v) is 9.12. The SMILES string of the molecule is Cl.Oc1ccc(-c2ccc3cc(O)ccc3c2Cc2ccc(OCCN3CCCCC3)cc2)cc1. The van der Waals surface area contributed by atoms with Crippen LogP contribution in [0.4, 0.5) is 0 Å². The predicted octanol–water partition coefficient (Wildman–Crippen LogP) is 6.80.